The van der Waals surface area contributed by atoms with E-state index in [4.69, 9.17) is 24.3 Å². The first-order chi connectivity index (χ1) is 26.1. The van der Waals surface area contributed by atoms with E-state index in [1.54, 1.807) is 32.0 Å². The molecular weight excluding hydrogens is 692 g/mol. The number of allylic oxidation sites excluding steroid dienone is 2. The number of morpholine rings is 1. The van der Waals surface area contributed by atoms with Gasteiger partial charge in [0.1, 0.15) is 0 Å². The van der Waals surface area contributed by atoms with Gasteiger partial charge in [0.15, 0.2) is 11.8 Å². The van der Waals surface area contributed by atoms with E-state index >= 15 is 0 Å². The third kappa shape index (κ3) is 7.38. The number of hydrogen-bond acceptors (Lipinski definition) is 11. The Labute approximate surface area is 310 Å². The predicted octanol–water partition coefficient (Wildman–Crippen LogP) is 4.80. The highest BCUT2D eigenvalue weighted by Crippen LogP contribution is 2.27. The van der Waals surface area contributed by atoms with Gasteiger partial charge in [0.2, 0.25) is 29.3 Å². The topological polar surface area (TPSA) is 201 Å². The summed E-state index contributed by atoms with van der Waals surface area (Å²) >= 11 is 0. The lowest BCUT2D eigenvalue weighted by Gasteiger charge is -2.27. The van der Waals surface area contributed by atoms with Crippen LogP contribution in [-0.4, -0.2) is 78.0 Å². The monoisotopic (exact) mass is 734 g/mol. The van der Waals surface area contributed by atoms with E-state index in [-0.39, 0.29) is 17.5 Å². The molecule has 7 rings (SSSR count). The molecule has 1 aliphatic heterocycles. The summed E-state index contributed by atoms with van der Waals surface area (Å²) < 4.78 is 20.7. The Morgan fingerprint density at radius 2 is 1.39 bits per heavy atom. The normalized spacial score (nSPS) is 13.7. The Kier molecular flexibility index (Phi) is 10.4. The van der Waals surface area contributed by atoms with Crippen LogP contribution in [-0.2, 0) is 37.2 Å². The Morgan fingerprint density at radius 1 is 0.796 bits per heavy atom. The lowest BCUT2D eigenvalue weighted by molar-refractivity contribution is 0.0343. The Balaban J connectivity index is 1.22. The molecule has 0 saturated carbocycles. The van der Waals surface area contributed by atoms with Crippen LogP contribution < -0.4 is 16.4 Å². The smallest absolute Gasteiger partial charge is 0.295 e. The minimum Gasteiger partial charge on any atom is -0.436 e. The number of nitrogens with two attached hydrogens (primary N) is 1. The molecule has 4 aromatic heterocycles. The second kappa shape index (κ2) is 15.5. The maximum Gasteiger partial charge on any atom is 0.295 e. The summed E-state index contributed by atoms with van der Waals surface area (Å²) in [5.74, 6) is 0.168. The molecule has 0 bridgehead atoms. The van der Waals surface area contributed by atoms with Gasteiger partial charge in [-0.1, -0.05) is 38.1 Å². The molecular formula is C38H42N10O6. The molecule has 16 nitrogen and oxygen atoms in total. The fourth-order valence-electron chi connectivity index (χ4n) is 6.68. The quantitative estimate of drug-likeness (QED) is 0.138. The summed E-state index contributed by atoms with van der Waals surface area (Å²) in [5, 5.41) is 5.86. The van der Waals surface area contributed by atoms with Gasteiger partial charge in [-0.2, -0.15) is 0 Å². The Hall–Kier alpha value is -6.13. The molecule has 1 aliphatic rings. The number of fused-ring (bicyclic) bond motifs is 2. The standard InChI is InChI=1S/C38H42N10O6/c1-5-26-32(53-22(3)40-26)35(50)44-37-43-29-20-24(34(39)49)12-13-30(29)47(37)14-7-8-15-48-31-25(21-46-16-18-52-19-17-46)10-9-11-28(31)42-38(48)45-36(51)33-27(6-2)41-23(4)54-33/h7-13,20H,5-6,14-19,21H2,1-4H3,(H2,39,49)(H,42,45,51)(H,43,44,50). The summed E-state index contributed by atoms with van der Waals surface area (Å²) in [5.41, 5.74) is 10.8. The molecule has 280 valence electrons. The van der Waals surface area contributed by atoms with Crippen LogP contribution in [0.25, 0.3) is 22.1 Å². The van der Waals surface area contributed by atoms with E-state index in [0.717, 1.165) is 29.7 Å². The van der Waals surface area contributed by atoms with Crippen molar-refractivity contribution in [3.8, 4) is 0 Å². The van der Waals surface area contributed by atoms with Crippen LogP contribution in [0, 0.1) is 13.8 Å². The van der Waals surface area contributed by atoms with Crippen LogP contribution in [0.2, 0.25) is 0 Å². The molecule has 0 aliphatic carbocycles. The Bertz CT molecular complexity index is 2390. The number of carbonyl (C=O) groups excluding carboxylic acids is 3. The fraction of sp³-hybridized carbons (Fsp3) is 0.342. The first kappa shape index (κ1) is 36.2. The SMILES string of the molecule is CCc1nc(C)oc1C(=O)Nc1nc2cc(C(N)=O)ccc2n1CC=CCn1c(NC(=O)c2oc(C)nc2CC)nc2cccc(CN3CCOCC3)c21. The van der Waals surface area contributed by atoms with E-state index in [1.807, 2.05) is 47.3 Å². The van der Waals surface area contributed by atoms with Crippen LogP contribution in [0.15, 0.2) is 57.4 Å². The molecule has 6 aromatic rings. The van der Waals surface area contributed by atoms with Crippen LogP contribution in [0.4, 0.5) is 11.9 Å². The number of amides is 3. The van der Waals surface area contributed by atoms with Gasteiger partial charge in [0.25, 0.3) is 11.8 Å². The van der Waals surface area contributed by atoms with Gasteiger partial charge in [-0.25, -0.2) is 19.9 Å². The number of rotatable bonds is 13. The van der Waals surface area contributed by atoms with Crippen LogP contribution in [0.3, 0.4) is 0 Å². The van der Waals surface area contributed by atoms with E-state index in [0.29, 0.717) is 91.4 Å². The number of benzene rings is 2. The number of carbonyl (C=O) groups is 3. The predicted molar refractivity (Wildman–Crippen MR) is 200 cm³/mol. The number of anilines is 2. The molecule has 3 amide bonds. The number of imidazole rings is 2. The maximum absolute atomic E-state index is 13.6. The van der Waals surface area contributed by atoms with Crippen molar-refractivity contribution < 1.29 is 28.0 Å². The first-order valence-electron chi connectivity index (χ1n) is 17.9. The maximum atomic E-state index is 13.6. The minimum atomic E-state index is -0.588. The second-order valence-electron chi connectivity index (χ2n) is 12.9. The Morgan fingerprint density at radius 3 is 2.00 bits per heavy atom. The third-order valence-corrected chi connectivity index (χ3v) is 9.26. The molecule has 5 heterocycles. The van der Waals surface area contributed by atoms with Crippen LogP contribution >= 0.6 is 0 Å². The highest BCUT2D eigenvalue weighted by molar-refractivity contribution is 6.04. The molecule has 0 spiro atoms. The number of para-hydroxylation sites is 1. The summed E-state index contributed by atoms with van der Waals surface area (Å²) in [7, 11) is 0. The van der Waals surface area contributed by atoms with Crippen molar-refractivity contribution in [3.05, 3.63) is 94.4 Å². The average Bonchev–Trinajstić information content (AvgIpc) is 3.92. The number of aromatic nitrogens is 6. The van der Waals surface area contributed by atoms with E-state index in [2.05, 4.69) is 36.6 Å². The van der Waals surface area contributed by atoms with Crippen molar-refractivity contribution in [2.75, 3.05) is 36.9 Å². The molecule has 16 heteroatoms. The molecule has 0 radical (unpaired) electrons. The van der Waals surface area contributed by atoms with Gasteiger partial charge < -0.3 is 28.4 Å². The van der Waals surface area contributed by atoms with E-state index < -0.39 is 17.7 Å². The molecule has 0 atom stereocenters. The summed E-state index contributed by atoms with van der Waals surface area (Å²) in [6.45, 7) is 11.5. The van der Waals surface area contributed by atoms with Gasteiger partial charge >= 0.3 is 0 Å². The van der Waals surface area contributed by atoms with Crippen LogP contribution in [0.1, 0.15) is 74.0 Å². The number of oxazole rings is 2. The van der Waals surface area contributed by atoms with Gasteiger partial charge in [0.05, 0.1) is 46.7 Å². The summed E-state index contributed by atoms with van der Waals surface area (Å²) in [6.07, 6.45) is 4.95. The van der Waals surface area contributed by atoms with E-state index in [1.165, 1.54) is 0 Å². The van der Waals surface area contributed by atoms with Gasteiger partial charge in [0, 0.05) is 52.1 Å². The molecule has 2 aromatic carbocycles. The first-order valence-corrected chi connectivity index (χ1v) is 17.9. The van der Waals surface area contributed by atoms with Gasteiger partial charge in [-0.15, -0.1) is 0 Å². The number of aryl methyl sites for hydroxylation is 4. The largest absolute Gasteiger partial charge is 0.436 e. The number of ether oxygens (including phenoxy) is 1. The molecule has 0 unspecified atom stereocenters. The fourth-order valence-corrected chi connectivity index (χ4v) is 6.68. The molecule has 1 fully saturated rings. The van der Waals surface area contributed by atoms with Crippen LogP contribution in [0.5, 0.6) is 0 Å². The number of primary amides is 1. The number of hydrogen-bond donors (Lipinski definition) is 3. The molecule has 54 heavy (non-hydrogen) atoms. The molecule has 4 N–H and O–H groups in total. The highest BCUT2D eigenvalue weighted by Gasteiger charge is 2.24. The lowest BCUT2D eigenvalue weighted by atomic mass is 10.1. The van der Waals surface area contributed by atoms with Crippen molar-refractivity contribution in [2.45, 2.75) is 60.2 Å². The minimum absolute atomic E-state index is 0.114. The van der Waals surface area contributed by atoms with Crippen molar-refractivity contribution in [1.82, 2.24) is 34.0 Å². The van der Waals surface area contributed by atoms with Crippen molar-refractivity contribution in [3.63, 3.8) is 0 Å². The lowest BCUT2D eigenvalue weighted by Crippen LogP contribution is -2.35. The summed E-state index contributed by atoms with van der Waals surface area (Å²) in [6, 6.07) is 10.9. The van der Waals surface area contributed by atoms with Crippen molar-refractivity contribution in [2.24, 2.45) is 5.73 Å². The summed E-state index contributed by atoms with van der Waals surface area (Å²) in [4.78, 5) is 59.5. The zero-order valence-corrected chi connectivity index (χ0v) is 30.6. The number of nitrogens with zero attached hydrogens (tertiary/aromatic N) is 7. The second-order valence-corrected chi connectivity index (χ2v) is 12.9. The van der Waals surface area contributed by atoms with Crippen molar-refractivity contribution in [1.29, 1.82) is 0 Å². The zero-order chi connectivity index (χ0) is 37.9. The zero-order valence-electron chi connectivity index (χ0n) is 30.6. The number of nitrogens with one attached hydrogen (secondary N) is 2. The molecule has 1 saturated heterocycles. The average molecular weight is 735 g/mol. The third-order valence-electron chi connectivity index (χ3n) is 9.26. The van der Waals surface area contributed by atoms with Gasteiger partial charge in [-0.05, 0) is 42.7 Å². The van der Waals surface area contributed by atoms with Gasteiger partial charge in [-0.3, -0.25) is 29.9 Å². The highest BCUT2D eigenvalue weighted by atomic mass is 16.5. The van der Waals surface area contributed by atoms with Crippen molar-refractivity contribution >= 4 is 51.7 Å². The van der Waals surface area contributed by atoms with E-state index in [9.17, 15) is 14.4 Å².